The predicted molar refractivity (Wildman–Crippen MR) is 116 cm³/mol. The maximum atomic E-state index is 12.5. The molecule has 1 aromatic carbocycles. The molecule has 0 saturated heterocycles. The molecule has 0 atom stereocenters. The highest BCUT2D eigenvalue weighted by atomic mass is 32.2. The summed E-state index contributed by atoms with van der Waals surface area (Å²) in [4.78, 5) is 21.6. The van der Waals surface area contributed by atoms with Crippen molar-refractivity contribution in [2.45, 2.75) is 25.5 Å². The second kappa shape index (κ2) is 9.60. The number of benzene rings is 1. The average molecular weight is 415 g/mol. The van der Waals surface area contributed by atoms with Crippen LogP contribution in [0.5, 0.6) is 5.75 Å². The summed E-state index contributed by atoms with van der Waals surface area (Å²) in [5.74, 6) is 1.65. The third-order valence-electron chi connectivity index (χ3n) is 4.30. The lowest BCUT2D eigenvalue weighted by Crippen LogP contribution is -2.28. The molecule has 0 spiro atoms. The lowest BCUT2D eigenvalue weighted by atomic mass is 10.2. The molecular formula is C20H26N6O2S. The van der Waals surface area contributed by atoms with Crippen LogP contribution < -0.4 is 15.4 Å². The maximum Gasteiger partial charge on any atom is 0.255 e. The van der Waals surface area contributed by atoms with Gasteiger partial charge in [-0.05, 0) is 24.3 Å². The van der Waals surface area contributed by atoms with E-state index in [1.54, 1.807) is 30.1 Å². The fourth-order valence-corrected chi connectivity index (χ4v) is 3.19. The van der Waals surface area contributed by atoms with E-state index in [-0.39, 0.29) is 5.91 Å². The molecule has 2 N–H and O–H groups in total. The summed E-state index contributed by atoms with van der Waals surface area (Å²) in [7, 11) is 1.55. The monoisotopic (exact) mass is 414 g/mol. The van der Waals surface area contributed by atoms with Crippen molar-refractivity contribution in [3.05, 3.63) is 36.0 Å². The Morgan fingerprint density at radius 3 is 2.79 bits per heavy atom. The van der Waals surface area contributed by atoms with Gasteiger partial charge in [0.15, 0.2) is 10.8 Å². The first kappa shape index (κ1) is 20.9. The summed E-state index contributed by atoms with van der Waals surface area (Å²) >= 11 is 1.49. The van der Waals surface area contributed by atoms with E-state index in [0.29, 0.717) is 35.5 Å². The summed E-state index contributed by atoms with van der Waals surface area (Å²) in [6, 6.07) is 7.15. The van der Waals surface area contributed by atoms with Gasteiger partial charge in [-0.3, -0.25) is 4.79 Å². The number of nitrogens with one attached hydrogen (secondary N) is 2. The Morgan fingerprint density at radius 1 is 1.28 bits per heavy atom. The number of hydrogen-bond donors (Lipinski definition) is 2. The van der Waals surface area contributed by atoms with Crippen LogP contribution >= 0.6 is 11.8 Å². The molecule has 0 unspecified atom stereocenters. The topological polar surface area (TPSA) is 94.0 Å². The zero-order valence-electron chi connectivity index (χ0n) is 17.1. The Kier molecular flexibility index (Phi) is 6.92. The molecule has 0 saturated carbocycles. The van der Waals surface area contributed by atoms with Gasteiger partial charge in [0.05, 0.1) is 30.8 Å². The number of carbonyl (C=O) groups is 1. The number of rotatable bonds is 9. The van der Waals surface area contributed by atoms with Crippen molar-refractivity contribution >= 4 is 34.5 Å². The molecule has 1 amide bonds. The van der Waals surface area contributed by atoms with Gasteiger partial charge in [-0.2, -0.15) is 5.10 Å². The molecule has 3 aromatic rings. The molecule has 0 bridgehead atoms. The fourth-order valence-electron chi connectivity index (χ4n) is 2.83. The fraction of sp³-hybridized carbons (Fsp3) is 0.400. The summed E-state index contributed by atoms with van der Waals surface area (Å²) in [5, 5.41) is 12.3. The van der Waals surface area contributed by atoms with Crippen LogP contribution in [0.2, 0.25) is 0 Å². The molecule has 154 valence electrons. The van der Waals surface area contributed by atoms with Crippen molar-refractivity contribution in [1.82, 2.24) is 25.1 Å². The van der Waals surface area contributed by atoms with Crippen LogP contribution in [-0.4, -0.2) is 52.1 Å². The van der Waals surface area contributed by atoms with Crippen molar-refractivity contribution in [2.75, 3.05) is 31.8 Å². The van der Waals surface area contributed by atoms with Crippen molar-refractivity contribution in [3.8, 4) is 5.75 Å². The Hall–Kier alpha value is -2.81. The first-order valence-corrected chi connectivity index (χ1v) is 10.7. The minimum atomic E-state index is -0.183. The minimum Gasteiger partial charge on any atom is -0.496 e. The standard InChI is InChI=1S/C20H26N6O2S/c1-13(2)11-22-17-15-12-23-26(18(15)25-20(24-17)29-4)10-9-21-19(27)14-7-5-6-8-16(14)28-3/h5-8,12-13H,9-11H2,1-4H3,(H,21,27)(H,22,24,25). The van der Waals surface area contributed by atoms with Gasteiger partial charge in [-0.25, -0.2) is 14.6 Å². The number of methoxy groups -OCH3 is 1. The quantitative estimate of drug-likeness (QED) is 0.410. The van der Waals surface area contributed by atoms with Gasteiger partial charge in [0, 0.05) is 13.1 Å². The summed E-state index contributed by atoms with van der Waals surface area (Å²) in [5.41, 5.74) is 1.26. The van der Waals surface area contributed by atoms with Crippen LogP contribution in [0.4, 0.5) is 5.82 Å². The highest BCUT2D eigenvalue weighted by Crippen LogP contribution is 2.23. The van der Waals surface area contributed by atoms with Gasteiger partial charge < -0.3 is 15.4 Å². The van der Waals surface area contributed by atoms with E-state index in [9.17, 15) is 4.79 Å². The van der Waals surface area contributed by atoms with E-state index in [2.05, 4.69) is 39.5 Å². The number of hydrogen-bond acceptors (Lipinski definition) is 7. The highest BCUT2D eigenvalue weighted by Gasteiger charge is 2.14. The number of ether oxygens (including phenoxy) is 1. The molecule has 0 aliphatic rings. The van der Waals surface area contributed by atoms with E-state index in [4.69, 9.17) is 4.74 Å². The summed E-state index contributed by atoms with van der Waals surface area (Å²) < 4.78 is 7.04. The molecule has 0 radical (unpaired) electrons. The molecule has 2 heterocycles. The largest absolute Gasteiger partial charge is 0.496 e. The lowest BCUT2D eigenvalue weighted by Gasteiger charge is -2.11. The zero-order valence-corrected chi connectivity index (χ0v) is 17.9. The Bertz CT molecular complexity index is 988. The first-order valence-electron chi connectivity index (χ1n) is 9.46. The van der Waals surface area contributed by atoms with Gasteiger partial charge in [-0.15, -0.1) is 0 Å². The number of thioether (sulfide) groups is 1. The van der Waals surface area contributed by atoms with Gasteiger partial charge in [0.25, 0.3) is 5.91 Å². The van der Waals surface area contributed by atoms with E-state index < -0.39 is 0 Å². The molecule has 9 heteroatoms. The number of anilines is 1. The molecule has 3 rings (SSSR count). The smallest absolute Gasteiger partial charge is 0.255 e. The summed E-state index contributed by atoms with van der Waals surface area (Å²) in [6.07, 6.45) is 3.71. The lowest BCUT2D eigenvalue weighted by molar-refractivity contribution is 0.0949. The second-order valence-corrected chi connectivity index (χ2v) is 7.67. The van der Waals surface area contributed by atoms with Crippen LogP contribution in [0.15, 0.2) is 35.6 Å². The Labute approximate surface area is 174 Å². The zero-order chi connectivity index (χ0) is 20.8. The van der Waals surface area contributed by atoms with Gasteiger partial charge >= 0.3 is 0 Å². The Balaban J connectivity index is 1.73. The van der Waals surface area contributed by atoms with Crippen molar-refractivity contribution in [2.24, 2.45) is 5.92 Å². The Morgan fingerprint density at radius 2 is 2.07 bits per heavy atom. The van der Waals surface area contributed by atoms with Crippen LogP contribution in [-0.2, 0) is 6.54 Å². The molecular weight excluding hydrogens is 388 g/mol. The molecule has 29 heavy (non-hydrogen) atoms. The van der Waals surface area contributed by atoms with Gasteiger partial charge in [0.1, 0.15) is 11.6 Å². The van der Waals surface area contributed by atoms with Crippen LogP contribution in [0.25, 0.3) is 11.0 Å². The summed E-state index contributed by atoms with van der Waals surface area (Å²) in [6.45, 7) is 6.03. The van der Waals surface area contributed by atoms with Crippen molar-refractivity contribution in [1.29, 1.82) is 0 Å². The number of fused-ring (bicyclic) bond motifs is 1. The van der Waals surface area contributed by atoms with Crippen molar-refractivity contribution < 1.29 is 9.53 Å². The van der Waals surface area contributed by atoms with E-state index >= 15 is 0 Å². The molecule has 2 aromatic heterocycles. The third-order valence-corrected chi connectivity index (χ3v) is 4.84. The van der Waals surface area contributed by atoms with Gasteiger partial charge in [-0.1, -0.05) is 37.7 Å². The predicted octanol–water partition coefficient (Wildman–Crippen LogP) is 3.05. The number of nitrogens with zero attached hydrogens (tertiary/aromatic N) is 4. The third kappa shape index (κ3) is 4.97. The molecule has 0 fully saturated rings. The average Bonchev–Trinajstić information content (AvgIpc) is 3.14. The second-order valence-electron chi connectivity index (χ2n) is 6.89. The minimum absolute atomic E-state index is 0.183. The SMILES string of the molecule is COc1ccccc1C(=O)NCCn1ncc2c(NCC(C)C)nc(SC)nc21. The van der Waals surface area contributed by atoms with Crippen molar-refractivity contribution in [3.63, 3.8) is 0 Å². The maximum absolute atomic E-state index is 12.5. The number of para-hydroxylation sites is 1. The molecule has 0 aliphatic heterocycles. The number of amides is 1. The van der Waals surface area contributed by atoms with E-state index in [1.807, 2.05) is 18.4 Å². The highest BCUT2D eigenvalue weighted by molar-refractivity contribution is 7.98. The van der Waals surface area contributed by atoms with Crippen LogP contribution in [0, 0.1) is 5.92 Å². The van der Waals surface area contributed by atoms with E-state index in [1.165, 1.54) is 11.8 Å². The number of aromatic nitrogens is 4. The van der Waals surface area contributed by atoms with Crippen LogP contribution in [0.3, 0.4) is 0 Å². The van der Waals surface area contributed by atoms with Gasteiger partial charge in [0.2, 0.25) is 0 Å². The van der Waals surface area contributed by atoms with E-state index in [0.717, 1.165) is 23.4 Å². The molecule has 0 aliphatic carbocycles. The normalized spacial score (nSPS) is 11.1. The van der Waals surface area contributed by atoms with Crippen LogP contribution in [0.1, 0.15) is 24.2 Å². The molecule has 8 nitrogen and oxygen atoms in total. The number of carbonyl (C=O) groups excluding carboxylic acids is 1. The first-order chi connectivity index (χ1) is 14.0.